The van der Waals surface area contributed by atoms with Gasteiger partial charge in [0.1, 0.15) is 0 Å². The quantitative estimate of drug-likeness (QED) is 0.815. The zero-order valence-corrected chi connectivity index (χ0v) is 10.9. The minimum atomic E-state index is -0.849. The van der Waals surface area contributed by atoms with Gasteiger partial charge in [0.25, 0.3) is 0 Å². The fourth-order valence-electron chi connectivity index (χ4n) is 1.66. The van der Waals surface area contributed by atoms with Gasteiger partial charge in [0, 0.05) is 12.7 Å². The topological polar surface area (TPSA) is 30.5 Å². The molecule has 0 amide bonds. The van der Waals surface area contributed by atoms with Crippen molar-refractivity contribution in [2.75, 3.05) is 27.4 Å². The van der Waals surface area contributed by atoms with Gasteiger partial charge < -0.3 is 14.8 Å². The molecule has 1 aromatic carbocycles. The van der Waals surface area contributed by atoms with Crippen LogP contribution in [0.25, 0.3) is 0 Å². The molecule has 2 atom stereocenters. The van der Waals surface area contributed by atoms with Gasteiger partial charge in [0.2, 0.25) is 0 Å². The molecular formula is C13H19F2NO2. The van der Waals surface area contributed by atoms with E-state index >= 15 is 0 Å². The van der Waals surface area contributed by atoms with Crippen LogP contribution in [0.5, 0.6) is 0 Å². The van der Waals surface area contributed by atoms with Crippen LogP contribution in [0.3, 0.4) is 0 Å². The molecule has 0 radical (unpaired) electrons. The molecule has 102 valence electrons. The number of methoxy groups -OCH3 is 1. The van der Waals surface area contributed by atoms with E-state index < -0.39 is 11.6 Å². The highest BCUT2D eigenvalue weighted by atomic mass is 19.2. The third kappa shape index (κ3) is 4.01. The largest absolute Gasteiger partial charge is 0.382 e. The standard InChI is InChI=1S/C13H19F2NO2/c1-9(7-17-3)18-8-12(16-2)10-5-4-6-11(14)13(10)15/h4-6,9,12,16H,7-8H2,1-3H3. The third-order valence-corrected chi connectivity index (χ3v) is 2.65. The lowest BCUT2D eigenvalue weighted by atomic mass is 10.1. The zero-order chi connectivity index (χ0) is 13.5. The molecule has 0 aliphatic rings. The van der Waals surface area contributed by atoms with Gasteiger partial charge in [-0.25, -0.2) is 8.78 Å². The first-order chi connectivity index (χ1) is 8.60. The van der Waals surface area contributed by atoms with E-state index in [1.165, 1.54) is 6.07 Å². The molecule has 0 saturated heterocycles. The molecular weight excluding hydrogens is 240 g/mol. The molecule has 0 fully saturated rings. The Hall–Kier alpha value is -1.04. The number of hydrogen-bond donors (Lipinski definition) is 1. The summed E-state index contributed by atoms with van der Waals surface area (Å²) in [6.45, 7) is 2.57. The van der Waals surface area contributed by atoms with Crippen LogP contribution in [-0.4, -0.2) is 33.5 Å². The first-order valence-corrected chi connectivity index (χ1v) is 5.81. The number of hydrogen-bond acceptors (Lipinski definition) is 3. The van der Waals surface area contributed by atoms with E-state index in [0.29, 0.717) is 6.61 Å². The van der Waals surface area contributed by atoms with Crippen LogP contribution in [0.4, 0.5) is 8.78 Å². The number of likely N-dealkylation sites (N-methyl/N-ethyl adjacent to an activating group) is 1. The predicted molar refractivity (Wildman–Crippen MR) is 65.4 cm³/mol. The van der Waals surface area contributed by atoms with E-state index in [-0.39, 0.29) is 24.3 Å². The summed E-state index contributed by atoms with van der Waals surface area (Å²) < 4.78 is 37.2. The average Bonchev–Trinajstić information content (AvgIpc) is 2.35. The molecule has 1 rings (SSSR count). The lowest BCUT2D eigenvalue weighted by Crippen LogP contribution is -2.26. The normalized spacial score (nSPS) is 14.5. The van der Waals surface area contributed by atoms with Gasteiger partial charge in [-0.3, -0.25) is 0 Å². The lowest BCUT2D eigenvalue weighted by Gasteiger charge is -2.20. The Bertz CT molecular complexity index is 374. The van der Waals surface area contributed by atoms with Crippen LogP contribution in [0.1, 0.15) is 18.5 Å². The van der Waals surface area contributed by atoms with E-state index in [2.05, 4.69) is 5.32 Å². The van der Waals surface area contributed by atoms with Gasteiger partial charge in [-0.1, -0.05) is 12.1 Å². The highest BCUT2D eigenvalue weighted by Gasteiger charge is 2.17. The maximum absolute atomic E-state index is 13.6. The Morgan fingerprint density at radius 1 is 1.28 bits per heavy atom. The second-order valence-electron chi connectivity index (χ2n) is 4.08. The lowest BCUT2D eigenvalue weighted by molar-refractivity contribution is -0.000175. The third-order valence-electron chi connectivity index (χ3n) is 2.65. The number of nitrogens with one attached hydrogen (secondary N) is 1. The summed E-state index contributed by atoms with van der Waals surface area (Å²) in [4.78, 5) is 0. The number of ether oxygens (including phenoxy) is 2. The Morgan fingerprint density at radius 2 is 2.00 bits per heavy atom. The number of halogens is 2. The Morgan fingerprint density at radius 3 is 2.61 bits per heavy atom. The second-order valence-corrected chi connectivity index (χ2v) is 4.08. The number of rotatable bonds is 7. The van der Waals surface area contributed by atoms with Gasteiger partial charge in [0.15, 0.2) is 11.6 Å². The maximum atomic E-state index is 13.6. The van der Waals surface area contributed by atoms with Crippen molar-refractivity contribution in [2.45, 2.75) is 19.1 Å². The summed E-state index contributed by atoms with van der Waals surface area (Å²) in [6, 6.07) is 3.74. The summed E-state index contributed by atoms with van der Waals surface area (Å²) in [5.41, 5.74) is 0.266. The minimum Gasteiger partial charge on any atom is -0.382 e. The van der Waals surface area contributed by atoms with Gasteiger partial charge in [0.05, 0.1) is 25.4 Å². The summed E-state index contributed by atoms with van der Waals surface area (Å²) >= 11 is 0. The Balaban J connectivity index is 2.68. The van der Waals surface area contributed by atoms with Crippen LogP contribution in [-0.2, 0) is 9.47 Å². The minimum absolute atomic E-state index is 0.0949. The van der Waals surface area contributed by atoms with Crippen molar-refractivity contribution in [2.24, 2.45) is 0 Å². The van der Waals surface area contributed by atoms with Gasteiger partial charge in [-0.2, -0.15) is 0 Å². The molecule has 0 aliphatic heterocycles. The van der Waals surface area contributed by atoms with Crippen LogP contribution in [0, 0.1) is 11.6 Å². The molecule has 18 heavy (non-hydrogen) atoms. The molecule has 0 aromatic heterocycles. The van der Waals surface area contributed by atoms with Crippen molar-refractivity contribution in [1.82, 2.24) is 5.32 Å². The molecule has 2 unspecified atom stereocenters. The molecule has 0 saturated carbocycles. The molecule has 0 spiro atoms. The number of benzene rings is 1. The van der Waals surface area contributed by atoms with Crippen molar-refractivity contribution in [3.8, 4) is 0 Å². The summed E-state index contributed by atoms with van der Waals surface area (Å²) in [5, 5.41) is 2.91. The maximum Gasteiger partial charge on any atom is 0.163 e. The molecule has 0 aliphatic carbocycles. The van der Waals surface area contributed by atoms with Crippen molar-refractivity contribution >= 4 is 0 Å². The zero-order valence-electron chi connectivity index (χ0n) is 10.9. The molecule has 0 heterocycles. The van der Waals surface area contributed by atoms with E-state index in [9.17, 15) is 8.78 Å². The van der Waals surface area contributed by atoms with Crippen LogP contribution >= 0.6 is 0 Å². The first-order valence-electron chi connectivity index (χ1n) is 5.81. The van der Waals surface area contributed by atoms with Crippen molar-refractivity contribution in [3.63, 3.8) is 0 Å². The van der Waals surface area contributed by atoms with E-state index in [1.54, 1.807) is 20.2 Å². The molecule has 0 bridgehead atoms. The van der Waals surface area contributed by atoms with Gasteiger partial charge in [-0.15, -0.1) is 0 Å². The average molecular weight is 259 g/mol. The Labute approximate surface area is 106 Å². The van der Waals surface area contributed by atoms with Gasteiger partial charge >= 0.3 is 0 Å². The van der Waals surface area contributed by atoms with E-state index in [1.807, 2.05) is 6.92 Å². The highest BCUT2D eigenvalue weighted by Crippen LogP contribution is 2.19. The summed E-state index contributed by atoms with van der Waals surface area (Å²) in [7, 11) is 3.26. The molecule has 1 N–H and O–H groups in total. The predicted octanol–water partition coefficient (Wildman–Crippen LogP) is 2.28. The van der Waals surface area contributed by atoms with E-state index in [0.717, 1.165) is 6.07 Å². The van der Waals surface area contributed by atoms with E-state index in [4.69, 9.17) is 9.47 Å². The molecule has 5 heteroatoms. The van der Waals surface area contributed by atoms with Gasteiger partial charge in [-0.05, 0) is 20.0 Å². The summed E-state index contributed by atoms with van der Waals surface area (Å²) in [6.07, 6.45) is -0.0949. The smallest absolute Gasteiger partial charge is 0.163 e. The highest BCUT2D eigenvalue weighted by molar-refractivity contribution is 5.22. The van der Waals surface area contributed by atoms with Crippen LogP contribution in [0.15, 0.2) is 18.2 Å². The monoisotopic (exact) mass is 259 g/mol. The summed E-state index contributed by atoms with van der Waals surface area (Å²) in [5.74, 6) is -1.68. The fraction of sp³-hybridized carbons (Fsp3) is 0.538. The van der Waals surface area contributed by atoms with Crippen LogP contribution in [0.2, 0.25) is 0 Å². The first kappa shape index (κ1) is 15.0. The van der Waals surface area contributed by atoms with Crippen molar-refractivity contribution in [1.29, 1.82) is 0 Å². The van der Waals surface area contributed by atoms with Crippen molar-refractivity contribution in [3.05, 3.63) is 35.4 Å². The SMILES string of the molecule is CNC(COC(C)COC)c1cccc(F)c1F. The second kappa shape index (κ2) is 7.41. The fourth-order valence-corrected chi connectivity index (χ4v) is 1.66. The molecule has 3 nitrogen and oxygen atoms in total. The molecule has 1 aromatic rings. The van der Waals surface area contributed by atoms with Crippen molar-refractivity contribution < 1.29 is 18.3 Å². The Kier molecular flexibility index (Phi) is 6.18. The van der Waals surface area contributed by atoms with Crippen LogP contribution < -0.4 is 5.32 Å².